The summed E-state index contributed by atoms with van der Waals surface area (Å²) >= 11 is 1.36. The number of aromatic nitrogens is 2. The molecule has 10 nitrogen and oxygen atoms in total. The van der Waals surface area contributed by atoms with Crippen LogP contribution in [0.2, 0.25) is 0 Å². The molecular weight excluding hydrogens is 464 g/mol. The Morgan fingerprint density at radius 1 is 1.09 bits per heavy atom. The summed E-state index contributed by atoms with van der Waals surface area (Å²) in [5, 5.41) is 10.9. The summed E-state index contributed by atoms with van der Waals surface area (Å²) in [4.78, 5) is 38.4. The normalized spacial score (nSPS) is 15.3. The number of likely N-dealkylation sites (N-methyl/N-ethyl adjacent to an activating group) is 1. The van der Waals surface area contributed by atoms with Crippen molar-refractivity contribution >= 4 is 39.8 Å². The smallest absolute Gasteiger partial charge is 0.321 e. The number of pyridine rings is 1. The van der Waals surface area contributed by atoms with Crippen molar-refractivity contribution in [1.29, 1.82) is 0 Å². The Balaban J connectivity index is 1.43. The van der Waals surface area contributed by atoms with E-state index in [1.807, 2.05) is 6.07 Å². The number of nitrogens with one attached hydrogen (secondary N) is 3. The van der Waals surface area contributed by atoms with E-state index in [9.17, 15) is 9.59 Å². The molecule has 0 bridgehead atoms. The lowest BCUT2D eigenvalue weighted by molar-refractivity contribution is 0.102. The van der Waals surface area contributed by atoms with Crippen LogP contribution >= 0.6 is 11.3 Å². The Labute approximate surface area is 208 Å². The Morgan fingerprint density at radius 2 is 1.89 bits per heavy atom. The fourth-order valence-electron chi connectivity index (χ4n) is 3.82. The molecule has 2 aromatic heterocycles. The number of thiazole rings is 1. The molecule has 0 radical (unpaired) electrons. The number of hydrogen-bond donors (Lipinski definition) is 4. The largest absolute Gasteiger partial charge is 0.397 e. The van der Waals surface area contributed by atoms with Gasteiger partial charge < -0.3 is 26.2 Å². The molecule has 184 valence electrons. The minimum Gasteiger partial charge on any atom is -0.397 e. The number of amides is 3. The molecule has 1 fully saturated rings. The van der Waals surface area contributed by atoms with Crippen molar-refractivity contribution < 1.29 is 9.59 Å². The molecule has 3 aromatic rings. The highest BCUT2D eigenvalue weighted by Gasteiger charge is 2.20. The van der Waals surface area contributed by atoms with E-state index in [4.69, 9.17) is 5.73 Å². The van der Waals surface area contributed by atoms with Crippen LogP contribution in [0.4, 0.5) is 21.3 Å². The third-order valence-electron chi connectivity index (χ3n) is 5.92. The molecular formula is C24H30N8O2S. The second kappa shape index (κ2) is 11.7. The Hall–Kier alpha value is -3.54. The van der Waals surface area contributed by atoms with E-state index in [0.717, 1.165) is 38.3 Å². The van der Waals surface area contributed by atoms with Gasteiger partial charge in [-0.1, -0.05) is 18.2 Å². The van der Waals surface area contributed by atoms with E-state index in [-0.39, 0.29) is 23.7 Å². The number of anilines is 3. The number of urea groups is 1. The number of para-hydroxylation sites is 2. The molecule has 1 atom stereocenters. The Bertz CT molecular complexity index is 1110. The van der Waals surface area contributed by atoms with Crippen LogP contribution < -0.4 is 21.7 Å². The fourth-order valence-corrected chi connectivity index (χ4v) is 4.35. The van der Waals surface area contributed by atoms with E-state index in [2.05, 4.69) is 42.8 Å². The minimum absolute atomic E-state index is 0.266. The van der Waals surface area contributed by atoms with Crippen LogP contribution in [0.15, 0.2) is 54.2 Å². The average Bonchev–Trinajstić information content (AvgIpc) is 3.37. The molecule has 1 aromatic carbocycles. The van der Waals surface area contributed by atoms with E-state index < -0.39 is 0 Å². The number of carbonyl (C=O) groups is 2. The van der Waals surface area contributed by atoms with Gasteiger partial charge in [0.2, 0.25) is 0 Å². The van der Waals surface area contributed by atoms with Gasteiger partial charge in [0.05, 0.1) is 17.4 Å². The first kappa shape index (κ1) is 24.6. The standard InChI is InChI=1S/C24H30N8O2S/c1-31-11-13-32(14-12-31)10-8-19(29-23(34)30-24-26-9-15-35-24)17-6-7-21(27-16-17)22(33)28-20-5-3-2-4-18(20)25/h2-7,9,15-16,19H,8,10-14,25H2,1H3,(H,28,33)(H2,26,29,30,34). The predicted molar refractivity (Wildman–Crippen MR) is 139 cm³/mol. The summed E-state index contributed by atoms with van der Waals surface area (Å²) in [5.74, 6) is -0.349. The maximum Gasteiger partial charge on any atom is 0.321 e. The number of nitrogens with zero attached hydrogens (tertiary/aromatic N) is 4. The fraction of sp³-hybridized carbons (Fsp3) is 0.333. The number of rotatable bonds is 8. The highest BCUT2D eigenvalue weighted by atomic mass is 32.1. The van der Waals surface area contributed by atoms with E-state index in [1.165, 1.54) is 11.3 Å². The van der Waals surface area contributed by atoms with Crippen molar-refractivity contribution in [2.75, 3.05) is 56.1 Å². The van der Waals surface area contributed by atoms with Gasteiger partial charge in [0.25, 0.3) is 5.91 Å². The first-order valence-corrected chi connectivity index (χ1v) is 12.4. The lowest BCUT2D eigenvalue weighted by atomic mass is 10.0. The topological polar surface area (TPSA) is 129 Å². The maximum absolute atomic E-state index is 12.6. The summed E-state index contributed by atoms with van der Waals surface area (Å²) < 4.78 is 0. The van der Waals surface area contributed by atoms with Crippen molar-refractivity contribution in [2.24, 2.45) is 0 Å². The molecule has 35 heavy (non-hydrogen) atoms. The van der Waals surface area contributed by atoms with Crippen molar-refractivity contribution in [2.45, 2.75) is 12.5 Å². The summed E-state index contributed by atoms with van der Waals surface area (Å²) in [6.45, 7) is 4.88. The monoisotopic (exact) mass is 494 g/mol. The third-order valence-corrected chi connectivity index (χ3v) is 6.61. The number of nitrogen functional groups attached to an aromatic ring is 1. The molecule has 0 aliphatic carbocycles. The highest BCUT2D eigenvalue weighted by Crippen LogP contribution is 2.20. The number of hydrogen-bond acceptors (Lipinski definition) is 8. The van der Waals surface area contributed by atoms with Crippen molar-refractivity contribution in [3.63, 3.8) is 0 Å². The Kier molecular flexibility index (Phi) is 8.24. The summed E-state index contributed by atoms with van der Waals surface area (Å²) in [6, 6.07) is 9.95. The summed E-state index contributed by atoms with van der Waals surface area (Å²) in [7, 11) is 2.13. The van der Waals surface area contributed by atoms with Gasteiger partial charge in [-0.3, -0.25) is 15.1 Å². The number of nitrogens with two attached hydrogens (primary N) is 1. The molecule has 3 heterocycles. The van der Waals surface area contributed by atoms with Gasteiger partial charge in [-0.05, 0) is 37.2 Å². The summed E-state index contributed by atoms with van der Waals surface area (Å²) in [6.07, 6.45) is 3.99. The van der Waals surface area contributed by atoms with Crippen molar-refractivity contribution in [3.8, 4) is 0 Å². The van der Waals surface area contributed by atoms with Gasteiger partial charge in [0.1, 0.15) is 5.69 Å². The molecule has 11 heteroatoms. The Morgan fingerprint density at radius 3 is 2.57 bits per heavy atom. The molecule has 0 spiro atoms. The second-order valence-electron chi connectivity index (χ2n) is 8.44. The van der Waals surface area contributed by atoms with Gasteiger partial charge in [-0.15, -0.1) is 11.3 Å². The second-order valence-corrected chi connectivity index (χ2v) is 9.33. The van der Waals surface area contributed by atoms with E-state index in [1.54, 1.807) is 48.1 Å². The lowest BCUT2D eigenvalue weighted by Crippen LogP contribution is -2.45. The van der Waals surface area contributed by atoms with E-state index >= 15 is 0 Å². The predicted octanol–water partition coefficient (Wildman–Crippen LogP) is 2.87. The molecule has 5 N–H and O–H groups in total. The lowest BCUT2D eigenvalue weighted by Gasteiger charge is -2.33. The van der Waals surface area contributed by atoms with E-state index in [0.29, 0.717) is 22.9 Å². The van der Waals surface area contributed by atoms with Crippen LogP contribution in [0.3, 0.4) is 0 Å². The van der Waals surface area contributed by atoms with Gasteiger partial charge in [0, 0.05) is 50.5 Å². The molecule has 4 rings (SSSR count). The van der Waals surface area contributed by atoms with Crippen LogP contribution in [0.1, 0.15) is 28.5 Å². The number of piperazine rings is 1. The van der Waals surface area contributed by atoms with Crippen LogP contribution in [-0.4, -0.2) is 71.5 Å². The summed E-state index contributed by atoms with van der Waals surface area (Å²) in [5.41, 5.74) is 8.02. The molecule has 1 unspecified atom stereocenters. The SMILES string of the molecule is CN1CCN(CCC(NC(=O)Nc2nccs2)c2ccc(C(=O)Nc3ccccc3N)nc2)CC1. The van der Waals surface area contributed by atoms with Crippen molar-refractivity contribution in [3.05, 3.63) is 65.4 Å². The van der Waals surface area contributed by atoms with Crippen molar-refractivity contribution in [1.82, 2.24) is 25.1 Å². The first-order chi connectivity index (χ1) is 17.0. The quantitative estimate of drug-likeness (QED) is 0.355. The molecule has 1 aliphatic heterocycles. The molecule has 1 aliphatic rings. The zero-order valence-corrected chi connectivity index (χ0v) is 20.4. The van der Waals surface area contributed by atoms with Gasteiger partial charge in [-0.25, -0.2) is 9.78 Å². The zero-order valence-electron chi connectivity index (χ0n) is 19.6. The van der Waals surface area contributed by atoms with Gasteiger partial charge >= 0.3 is 6.03 Å². The first-order valence-electron chi connectivity index (χ1n) is 11.5. The number of carbonyl (C=O) groups excluding carboxylic acids is 2. The molecule has 0 saturated carbocycles. The van der Waals surface area contributed by atoms with Crippen LogP contribution in [0, 0.1) is 0 Å². The molecule has 1 saturated heterocycles. The van der Waals surface area contributed by atoms with Gasteiger partial charge in [-0.2, -0.15) is 0 Å². The van der Waals surface area contributed by atoms with Crippen LogP contribution in [0.25, 0.3) is 0 Å². The molecule has 3 amide bonds. The maximum atomic E-state index is 12.6. The average molecular weight is 495 g/mol. The van der Waals surface area contributed by atoms with Crippen LogP contribution in [0.5, 0.6) is 0 Å². The number of benzene rings is 1. The third kappa shape index (κ3) is 6.98. The van der Waals surface area contributed by atoms with Gasteiger partial charge in [0.15, 0.2) is 5.13 Å². The van der Waals surface area contributed by atoms with Crippen LogP contribution in [-0.2, 0) is 0 Å². The highest BCUT2D eigenvalue weighted by molar-refractivity contribution is 7.13. The zero-order chi connectivity index (χ0) is 24.6. The minimum atomic E-state index is -0.349.